The molecule has 1 aromatic carbocycles. The van der Waals surface area contributed by atoms with Crippen molar-refractivity contribution in [1.82, 2.24) is 10.2 Å². The Hall–Kier alpha value is -2.24. The topological polar surface area (TPSA) is 71.8 Å². The quantitative estimate of drug-likeness (QED) is 0.605. The van der Waals surface area contributed by atoms with Crippen molar-refractivity contribution in [3.63, 3.8) is 0 Å². The number of nitro benzene ring substituents is 1. The third kappa shape index (κ3) is 1.69. The van der Waals surface area contributed by atoms with Crippen molar-refractivity contribution in [3.05, 3.63) is 46.5 Å². The van der Waals surface area contributed by atoms with E-state index in [2.05, 4.69) is 10.2 Å². The van der Waals surface area contributed by atoms with Crippen molar-refractivity contribution in [3.8, 4) is 11.1 Å². The van der Waals surface area contributed by atoms with E-state index in [1.807, 2.05) is 0 Å². The van der Waals surface area contributed by atoms with Gasteiger partial charge in [-0.05, 0) is 6.07 Å². The lowest BCUT2D eigenvalue weighted by Crippen LogP contribution is -1.90. The molecule has 1 aromatic heterocycles. The second-order valence-electron chi connectivity index (χ2n) is 2.91. The Balaban J connectivity index is 2.55. The van der Waals surface area contributed by atoms with Crippen molar-refractivity contribution in [1.29, 1.82) is 0 Å². The predicted octanol–water partition coefficient (Wildman–Crippen LogP) is 2.12. The number of benzene rings is 1. The van der Waals surface area contributed by atoms with Gasteiger partial charge in [0.1, 0.15) is 5.82 Å². The van der Waals surface area contributed by atoms with Crippen molar-refractivity contribution < 1.29 is 9.31 Å². The predicted molar refractivity (Wildman–Crippen MR) is 50.6 cm³/mol. The zero-order valence-corrected chi connectivity index (χ0v) is 7.48. The second-order valence-corrected chi connectivity index (χ2v) is 2.91. The van der Waals surface area contributed by atoms with Crippen LogP contribution in [0, 0.1) is 15.9 Å². The Labute approximate surface area is 83.7 Å². The van der Waals surface area contributed by atoms with Gasteiger partial charge >= 0.3 is 0 Å². The number of H-pyrrole nitrogens is 1. The molecule has 0 unspecified atom stereocenters. The molecule has 1 N–H and O–H groups in total. The van der Waals surface area contributed by atoms with Gasteiger partial charge < -0.3 is 0 Å². The molecular weight excluding hydrogens is 201 g/mol. The molecule has 0 atom stereocenters. The number of aromatic nitrogens is 2. The molecule has 15 heavy (non-hydrogen) atoms. The standard InChI is InChI=1S/C9H6FN3O2/c10-9-2-1-7(13(14)15)3-8(9)6-4-11-12-5-6/h1-5H,(H,11,12). The summed E-state index contributed by atoms with van der Waals surface area (Å²) in [7, 11) is 0. The summed E-state index contributed by atoms with van der Waals surface area (Å²) in [5.41, 5.74) is 0.502. The number of nitro groups is 1. The van der Waals surface area contributed by atoms with E-state index < -0.39 is 10.7 Å². The fourth-order valence-electron chi connectivity index (χ4n) is 1.25. The molecule has 0 saturated carbocycles. The second kappa shape index (κ2) is 3.49. The van der Waals surface area contributed by atoms with Crippen LogP contribution in [0.4, 0.5) is 10.1 Å². The Morgan fingerprint density at radius 3 is 2.87 bits per heavy atom. The summed E-state index contributed by atoms with van der Waals surface area (Å²) in [6.07, 6.45) is 2.88. The number of rotatable bonds is 2. The molecule has 1 heterocycles. The lowest BCUT2D eigenvalue weighted by molar-refractivity contribution is -0.384. The molecule has 0 aliphatic heterocycles. The molecule has 2 rings (SSSR count). The summed E-state index contributed by atoms with van der Waals surface area (Å²) < 4.78 is 13.3. The van der Waals surface area contributed by atoms with E-state index in [9.17, 15) is 14.5 Å². The number of hydrogen-bond acceptors (Lipinski definition) is 3. The van der Waals surface area contributed by atoms with Gasteiger partial charge in [0.25, 0.3) is 5.69 Å². The fraction of sp³-hybridized carbons (Fsp3) is 0. The smallest absolute Gasteiger partial charge is 0.270 e. The van der Waals surface area contributed by atoms with Crippen LogP contribution in [0.25, 0.3) is 11.1 Å². The van der Waals surface area contributed by atoms with Gasteiger partial charge in [-0.3, -0.25) is 15.2 Å². The van der Waals surface area contributed by atoms with E-state index >= 15 is 0 Å². The summed E-state index contributed by atoms with van der Waals surface area (Å²) in [6, 6.07) is 3.37. The maximum Gasteiger partial charge on any atom is 0.270 e. The minimum absolute atomic E-state index is 0.146. The first-order valence-corrected chi connectivity index (χ1v) is 4.11. The van der Waals surface area contributed by atoms with Gasteiger partial charge in [0.2, 0.25) is 0 Å². The number of nitrogens with zero attached hydrogens (tertiary/aromatic N) is 2. The van der Waals surface area contributed by atoms with Gasteiger partial charge in [0.05, 0.1) is 11.1 Å². The molecule has 0 saturated heterocycles. The van der Waals surface area contributed by atoms with E-state index in [0.717, 1.165) is 12.1 Å². The molecule has 0 aliphatic carbocycles. The number of aromatic amines is 1. The summed E-state index contributed by atoms with van der Waals surface area (Å²) in [5.74, 6) is -0.512. The van der Waals surface area contributed by atoms with Crippen molar-refractivity contribution in [2.24, 2.45) is 0 Å². The molecule has 0 spiro atoms. The third-order valence-corrected chi connectivity index (χ3v) is 1.97. The van der Waals surface area contributed by atoms with Gasteiger partial charge in [-0.15, -0.1) is 0 Å². The SMILES string of the molecule is O=[N+]([O-])c1ccc(F)c(-c2cn[nH]c2)c1. The molecular formula is C9H6FN3O2. The monoisotopic (exact) mass is 207 g/mol. The zero-order chi connectivity index (χ0) is 10.8. The largest absolute Gasteiger partial charge is 0.285 e. The highest BCUT2D eigenvalue weighted by molar-refractivity contribution is 5.65. The molecule has 0 amide bonds. The summed E-state index contributed by atoms with van der Waals surface area (Å²) in [4.78, 5) is 9.93. The summed E-state index contributed by atoms with van der Waals surface area (Å²) in [5, 5.41) is 16.7. The average molecular weight is 207 g/mol. The normalized spacial score (nSPS) is 10.2. The van der Waals surface area contributed by atoms with Gasteiger partial charge in [0, 0.05) is 29.5 Å². The van der Waals surface area contributed by atoms with Crippen LogP contribution in [-0.4, -0.2) is 15.1 Å². The maximum atomic E-state index is 13.3. The molecule has 76 valence electrons. The number of halogens is 1. The van der Waals surface area contributed by atoms with Crippen LogP contribution < -0.4 is 0 Å². The molecule has 0 bridgehead atoms. The zero-order valence-electron chi connectivity index (χ0n) is 7.48. The highest BCUT2D eigenvalue weighted by Gasteiger charge is 2.12. The van der Waals surface area contributed by atoms with Crippen molar-refractivity contribution >= 4 is 5.69 Å². The third-order valence-electron chi connectivity index (χ3n) is 1.97. The minimum Gasteiger partial charge on any atom is -0.285 e. The fourth-order valence-corrected chi connectivity index (χ4v) is 1.25. The van der Waals surface area contributed by atoms with Gasteiger partial charge in [-0.25, -0.2) is 4.39 Å². The first kappa shape index (κ1) is 9.32. The maximum absolute atomic E-state index is 13.3. The minimum atomic E-state index is -0.566. The first-order chi connectivity index (χ1) is 7.18. The van der Waals surface area contributed by atoms with Crippen LogP contribution in [0.5, 0.6) is 0 Å². The molecule has 0 radical (unpaired) electrons. The highest BCUT2D eigenvalue weighted by Crippen LogP contribution is 2.25. The van der Waals surface area contributed by atoms with Crippen LogP contribution >= 0.6 is 0 Å². The Morgan fingerprint density at radius 1 is 1.47 bits per heavy atom. The molecule has 0 aliphatic rings. The lowest BCUT2D eigenvalue weighted by Gasteiger charge is -1.99. The van der Waals surface area contributed by atoms with Gasteiger partial charge in [-0.1, -0.05) is 0 Å². The molecule has 5 nitrogen and oxygen atoms in total. The van der Waals surface area contributed by atoms with E-state index in [0.29, 0.717) is 5.56 Å². The molecule has 6 heteroatoms. The van der Waals surface area contributed by atoms with Crippen molar-refractivity contribution in [2.75, 3.05) is 0 Å². The van der Waals surface area contributed by atoms with Crippen LogP contribution in [0.2, 0.25) is 0 Å². The lowest BCUT2D eigenvalue weighted by atomic mass is 10.1. The van der Waals surface area contributed by atoms with Gasteiger partial charge in [0.15, 0.2) is 0 Å². The van der Waals surface area contributed by atoms with E-state index in [1.165, 1.54) is 18.5 Å². The van der Waals surface area contributed by atoms with E-state index in [-0.39, 0.29) is 11.3 Å². The van der Waals surface area contributed by atoms with E-state index in [1.54, 1.807) is 0 Å². The van der Waals surface area contributed by atoms with Crippen LogP contribution in [0.3, 0.4) is 0 Å². The Bertz CT molecular complexity index is 496. The van der Waals surface area contributed by atoms with Gasteiger partial charge in [-0.2, -0.15) is 5.10 Å². The number of non-ortho nitro benzene ring substituents is 1. The Morgan fingerprint density at radius 2 is 2.27 bits per heavy atom. The molecule has 0 fully saturated rings. The number of nitrogens with one attached hydrogen (secondary N) is 1. The number of hydrogen-bond donors (Lipinski definition) is 1. The summed E-state index contributed by atoms with van der Waals surface area (Å²) in [6.45, 7) is 0. The van der Waals surface area contributed by atoms with Crippen LogP contribution in [-0.2, 0) is 0 Å². The van der Waals surface area contributed by atoms with Crippen molar-refractivity contribution in [2.45, 2.75) is 0 Å². The summed E-state index contributed by atoms with van der Waals surface area (Å²) >= 11 is 0. The highest BCUT2D eigenvalue weighted by atomic mass is 19.1. The Kier molecular flexibility index (Phi) is 2.17. The average Bonchev–Trinajstić information content (AvgIpc) is 2.71. The van der Waals surface area contributed by atoms with Crippen LogP contribution in [0.1, 0.15) is 0 Å². The molecule has 2 aromatic rings. The first-order valence-electron chi connectivity index (χ1n) is 4.11. The van der Waals surface area contributed by atoms with E-state index in [4.69, 9.17) is 0 Å². The van der Waals surface area contributed by atoms with Crippen LogP contribution in [0.15, 0.2) is 30.6 Å².